The van der Waals surface area contributed by atoms with Crippen molar-refractivity contribution in [1.29, 1.82) is 0 Å². The Kier molecular flexibility index (Phi) is 4.95. The fourth-order valence-corrected chi connectivity index (χ4v) is 3.06. The second-order valence-corrected chi connectivity index (χ2v) is 7.50. The van der Waals surface area contributed by atoms with Crippen molar-refractivity contribution in [2.24, 2.45) is 5.14 Å². The van der Waals surface area contributed by atoms with Crippen molar-refractivity contribution in [3.63, 3.8) is 0 Å². The van der Waals surface area contributed by atoms with Gasteiger partial charge in [0.05, 0.1) is 10.5 Å². The van der Waals surface area contributed by atoms with Crippen LogP contribution in [0.2, 0.25) is 0 Å². The largest absolute Gasteiger partial charge is 0.434 e. The number of halogens is 6. The third kappa shape index (κ3) is 4.43. The van der Waals surface area contributed by atoms with E-state index in [1.807, 2.05) is 0 Å². The van der Waals surface area contributed by atoms with E-state index in [0.717, 1.165) is 28.8 Å². The average Bonchev–Trinajstić information content (AvgIpc) is 3.06. The van der Waals surface area contributed by atoms with Crippen LogP contribution in [0.4, 0.5) is 26.3 Å². The third-order valence-corrected chi connectivity index (χ3v) is 4.82. The molecule has 3 aromatic rings. The van der Waals surface area contributed by atoms with E-state index in [1.165, 1.54) is 18.2 Å². The summed E-state index contributed by atoms with van der Waals surface area (Å²) in [5.74, 6) is -0.396. The molecule has 2 aromatic carbocycles. The normalized spacial score (nSPS) is 12.9. The molecule has 0 aliphatic heterocycles. The second kappa shape index (κ2) is 6.88. The van der Waals surface area contributed by atoms with E-state index in [-0.39, 0.29) is 16.1 Å². The molecule has 0 aliphatic rings. The summed E-state index contributed by atoms with van der Waals surface area (Å²) in [4.78, 5) is 3.17. The first-order valence-corrected chi connectivity index (χ1v) is 9.29. The molecule has 5 nitrogen and oxygen atoms in total. The van der Waals surface area contributed by atoms with Gasteiger partial charge in [-0.25, -0.2) is 18.5 Å². The van der Waals surface area contributed by atoms with Crippen LogP contribution in [-0.2, 0) is 22.4 Å². The van der Waals surface area contributed by atoms with Crippen molar-refractivity contribution in [3.8, 4) is 17.1 Å². The molecule has 12 heteroatoms. The number of nitrogens with two attached hydrogens (primary N) is 1. The fourth-order valence-electron chi connectivity index (χ4n) is 2.55. The molecular weight excluding hydrogens is 424 g/mol. The monoisotopic (exact) mass is 435 g/mol. The van der Waals surface area contributed by atoms with Crippen LogP contribution in [0, 0.1) is 0 Å². The standard InChI is InChI=1S/C17H11F6N3O2S/c18-16(19,20)11-3-1-2-10(8-11)15-25-14(17(21,22)23)9-26(15)12-4-6-13(7-5-12)29(24,27)28/h1-9H,(H2,24,27,28). The fraction of sp³-hybridized carbons (Fsp3) is 0.118. The Labute approximate surface area is 160 Å². The highest BCUT2D eigenvalue weighted by molar-refractivity contribution is 7.89. The van der Waals surface area contributed by atoms with Crippen molar-refractivity contribution in [2.45, 2.75) is 17.2 Å². The summed E-state index contributed by atoms with van der Waals surface area (Å²) in [6.45, 7) is 0. The van der Waals surface area contributed by atoms with E-state index < -0.39 is 39.5 Å². The van der Waals surface area contributed by atoms with Gasteiger partial charge in [-0.15, -0.1) is 0 Å². The molecule has 0 fully saturated rings. The van der Waals surface area contributed by atoms with Crippen molar-refractivity contribution in [1.82, 2.24) is 9.55 Å². The predicted octanol–water partition coefficient (Wildman–Crippen LogP) is 4.22. The Morgan fingerprint density at radius 1 is 0.897 bits per heavy atom. The smallest absolute Gasteiger partial charge is 0.299 e. The molecule has 0 bridgehead atoms. The minimum Gasteiger partial charge on any atom is -0.299 e. The Balaban J connectivity index is 2.19. The van der Waals surface area contributed by atoms with Gasteiger partial charge in [-0.1, -0.05) is 12.1 Å². The molecule has 0 amide bonds. The highest BCUT2D eigenvalue weighted by atomic mass is 32.2. The number of hydrogen-bond donors (Lipinski definition) is 1. The van der Waals surface area contributed by atoms with Gasteiger partial charge >= 0.3 is 12.4 Å². The van der Waals surface area contributed by atoms with Crippen LogP contribution in [-0.4, -0.2) is 18.0 Å². The Morgan fingerprint density at radius 3 is 2.03 bits per heavy atom. The SMILES string of the molecule is NS(=O)(=O)c1ccc(-n2cc(C(F)(F)F)nc2-c2cccc(C(F)(F)F)c2)cc1. The third-order valence-electron chi connectivity index (χ3n) is 3.89. The second-order valence-electron chi connectivity index (χ2n) is 5.93. The zero-order valence-electron chi connectivity index (χ0n) is 14.2. The molecule has 0 radical (unpaired) electrons. The summed E-state index contributed by atoms with van der Waals surface area (Å²) >= 11 is 0. The lowest BCUT2D eigenvalue weighted by molar-refractivity contribution is -0.141. The van der Waals surface area contributed by atoms with Crippen molar-refractivity contribution in [2.75, 3.05) is 0 Å². The number of sulfonamides is 1. The Morgan fingerprint density at radius 2 is 1.52 bits per heavy atom. The van der Waals surface area contributed by atoms with Crippen LogP contribution < -0.4 is 5.14 Å². The predicted molar refractivity (Wildman–Crippen MR) is 90.4 cm³/mol. The van der Waals surface area contributed by atoms with Gasteiger partial charge in [-0.05, 0) is 36.4 Å². The van der Waals surface area contributed by atoms with E-state index in [2.05, 4.69) is 4.98 Å². The van der Waals surface area contributed by atoms with Gasteiger partial charge in [-0.3, -0.25) is 4.57 Å². The number of rotatable bonds is 3. The first-order valence-electron chi connectivity index (χ1n) is 7.74. The van der Waals surface area contributed by atoms with Crippen molar-refractivity contribution < 1.29 is 34.8 Å². The first-order chi connectivity index (χ1) is 13.3. The van der Waals surface area contributed by atoms with E-state index >= 15 is 0 Å². The Bertz CT molecular complexity index is 1150. The molecule has 3 rings (SSSR count). The number of aromatic nitrogens is 2. The molecular formula is C17H11F6N3O2S. The van der Waals surface area contributed by atoms with Gasteiger partial charge in [0.15, 0.2) is 5.69 Å². The van der Waals surface area contributed by atoms with Crippen LogP contribution in [0.5, 0.6) is 0 Å². The molecule has 1 heterocycles. The average molecular weight is 435 g/mol. The molecule has 0 spiro atoms. The zero-order chi connectivity index (χ0) is 21.6. The lowest BCUT2D eigenvalue weighted by Gasteiger charge is -2.11. The van der Waals surface area contributed by atoms with Crippen LogP contribution in [0.25, 0.3) is 17.1 Å². The van der Waals surface area contributed by atoms with Crippen molar-refractivity contribution in [3.05, 3.63) is 66.0 Å². The molecule has 0 saturated carbocycles. The lowest BCUT2D eigenvalue weighted by atomic mass is 10.1. The van der Waals surface area contributed by atoms with Gasteiger partial charge in [0.1, 0.15) is 5.82 Å². The highest BCUT2D eigenvalue weighted by Crippen LogP contribution is 2.35. The van der Waals surface area contributed by atoms with Crippen molar-refractivity contribution >= 4 is 10.0 Å². The minimum atomic E-state index is -4.85. The summed E-state index contributed by atoms with van der Waals surface area (Å²) in [6, 6.07) is 8.15. The number of alkyl halides is 6. The summed E-state index contributed by atoms with van der Waals surface area (Å²) in [7, 11) is -4.03. The van der Waals surface area contributed by atoms with Crippen LogP contribution in [0.15, 0.2) is 59.6 Å². The topological polar surface area (TPSA) is 78.0 Å². The number of nitrogens with zero attached hydrogens (tertiary/aromatic N) is 2. The van der Waals surface area contributed by atoms with Gasteiger partial charge in [0, 0.05) is 17.4 Å². The van der Waals surface area contributed by atoms with Gasteiger partial charge in [0.2, 0.25) is 10.0 Å². The number of primary sulfonamides is 1. The number of hydrogen-bond acceptors (Lipinski definition) is 3. The molecule has 29 heavy (non-hydrogen) atoms. The van der Waals surface area contributed by atoms with E-state index in [9.17, 15) is 34.8 Å². The van der Waals surface area contributed by atoms with Crippen LogP contribution in [0.3, 0.4) is 0 Å². The molecule has 1 aromatic heterocycles. The quantitative estimate of drug-likeness (QED) is 0.626. The van der Waals surface area contributed by atoms with Gasteiger partial charge in [-0.2, -0.15) is 26.3 Å². The maximum atomic E-state index is 13.1. The summed E-state index contributed by atoms with van der Waals surface area (Å²) in [5, 5.41) is 4.98. The number of benzene rings is 2. The summed E-state index contributed by atoms with van der Waals surface area (Å²) in [5.41, 5.74) is -2.53. The maximum absolute atomic E-state index is 13.1. The maximum Gasteiger partial charge on any atom is 0.434 e. The zero-order valence-corrected chi connectivity index (χ0v) is 15.0. The van der Waals surface area contributed by atoms with Gasteiger partial charge in [0.25, 0.3) is 0 Å². The van der Waals surface area contributed by atoms with E-state index in [0.29, 0.717) is 12.3 Å². The lowest BCUT2D eigenvalue weighted by Crippen LogP contribution is -2.12. The summed E-state index contributed by atoms with van der Waals surface area (Å²) in [6.07, 6.45) is -8.93. The first kappa shape index (κ1) is 20.9. The number of imidazole rings is 1. The molecule has 154 valence electrons. The van der Waals surface area contributed by atoms with Gasteiger partial charge < -0.3 is 0 Å². The molecule has 0 atom stereocenters. The van der Waals surface area contributed by atoms with Crippen LogP contribution in [0.1, 0.15) is 11.3 Å². The van der Waals surface area contributed by atoms with Crippen LogP contribution >= 0.6 is 0 Å². The Hall–Kier alpha value is -2.86. The van der Waals surface area contributed by atoms with E-state index in [4.69, 9.17) is 5.14 Å². The van der Waals surface area contributed by atoms with E-state index in [1.54, 1.807) is 0 Å². The minimum absolute atomic E-state index is 0.0489. The molecule has 2 N–H and O–H groups in total. The molecule has 0 saturated heterocycles. The molecule has 0 unspecified atom stereocenters. The highest BCUT2D eigenvalue weighted by Gasteiger charge is 2.36. The summed E-state index contributed by atoms with van der Waals surface area (Å²) < 4.78 is 102. The molecule has 0 aliphatic carbocycles.